The van der Waals surface area contributed by atoms with E-state index in [-0.39, 0.29) is 5.82 Å². The van der Waals surface area contributed by atoms with E-state index in [1.807, 2.05) is 0 Å². The summed E-state index contributed by atoms with van der Waals surface area (Å²) in [6, 6.07) is 3.26. The van der Waals surface area contributed by atoms with E-state index in [2.05, 4.69) is 10.2 Å². The first-order valence-corrected chi connectivity index (χ1v) is 6.18. The molecule has 0 amide bonds. The highest BCUT2D eigenvalue weighted by Crippen LogP contribution is 2.34. The predicted octanol–water partition coefficient (Wildman–Crippen LogP) is 1.65. The highest BCUT2D eigenvalue weighted by Gasteiger charge is 2.29. The van der Waals surface area contributed by atoms with Crippen LogP contribution in [0.3, 0.4) is 0 Å². The van der Waals surface area contributed by atoms with Gasteiger partial charge >= 0.3 is 0 Å². The molecule has 17 heavy (non-hydrogen) atoms. The number of nitrogens with one attached hydrogen (secondary N) is 1. The van der Waals surface area contributed by atoms with Crippen molar-refractivity contribution < 1.29 is 9.13 Å². The van der Waals surface area contributed by atoms with Gasteiger partial charge in [0.2, 0.25) is 0 Å². The Morgan fingerprint density at radius 1 is 1.47 bits per heavy atom. The summed E-state index contributed by atoms with van der Waals surface area (Å²) < 4.78 is 19.5. The van der Waals surface area contributed by atoms with Crippen molar-refractivity contribution in [1.29, 1.82) is 0 Å². The quantitative estimate of drug-likeness (QED) is 0.764. The van der Waals surface area contributed by atoms with E-state index in [4.69, 9.17) is 16.3 Å². The van der Waals surface area contributed by atoms with Gasteiger partial charge in [0.1, 0.15) is 18.2 Å². The molecule has 92 valence electrons. The van der Waals surface area contributed by atoms with Gasteiger partial charge in [-0.15, -0.1) is 0 Å². The molecule has 1 aromatic rings. The molecule has 1 unspecified atom stereocenters. The lowest BCUT2D eigenvalue weighted by molar-refractivity contribution is 0.119. The molecule has 1 N–H and O–H groups in total. The Kier molecular flexibility index (Phi) is 2.94. The summed E-state index contributed by atoms with van der Waals surface area (Å²) in [5, 5.41) is 3.81. The second-order valence-electron chi connectivity index (χ2n) is 4.48. The first kappa shape index (κ1) is 11.3. The lowest BCUT2D eigenvalue weighted by Gasteiger charge is -2.33. The van der Waals surface area contributed by atoms with E-state index in [1.165, 1.54) is 6.07 Å². The second-order valence-corrected chi connectivity index (χ2v) is 4.88. The third kappa shape index (κ3) is 2.01. The van der Waals surface area contributed by atoms with Crippen LogP contribution >= 0.6 is 11.6 Å². The SMILES string of the molecule is Fc1ccc(Cl)c2c1CN1CCNCC1CO2. The fourth-order valence-electron chi connectivity index (χ4n) is 2.44. The van der Waals surface area contributed by atoms with Crippen LogP contribution in [-0.4, -0.2) is 37.2 Å². The Bertz CT molecular complexity index is 441. The summed E-state index contributed by atoms with van der Waals surface area (Å²) >= 11 is 6.06. The van der Waals surface area contributed by atoms with Gasteiger partial charge in [-0.05, 0) is 12.1 Å². The van der Waals surface area contributed by atoms with Crippen molar-refractivity contribution in [3.05, 3.63) is 28.5 Å². The smallest absolute Gasteiger partial charge is 0.145 e. The molecule has 3 nitrogen and oxygen atoms in total. The van der Waals surface area contributed by atoms with Crippen molar-refractivity contribution in [3.8, 4) is 5.75 Å². The zero-order chi connectivity index (χ0) is 11.8. The van der Waals surface area contributed by atoms with Gasteiger partial charge in [0, 0.05) is 31.7 Å². The third-order valence-corrected chi connectivity index (χ3v) is 3.71. The maximum absolute atomic E-state index is 13.8. The van der Waals surface area contributed by atoms with E-state index in [0.717, 1.165) is 19.6 Å². The van der Waals surface area contributed by atoms with Crippen molar-refractivity contribution in [1.82, 2.24) is 10.2 Å². The summed E-state index contributed by atoms with van der Waals surface area (Å²) in [6.45, 7) is 3.87. The number of fused-ring (bicyclic) bond motifs is 2. The van der Waals surface area contributed by atoms with Crippen molar-refractivity contribution in [2.24, 2.45) is 0 Å². The number of piperazine rings is 1. The average Bonchev–Trinajstić information content (AvgIpc) is 2.54. The monoisotopic (exact) mass is 256 g/mol. The Hall–Kier alpha value is -0.840. The molecule has 5 heteroatoms. The maximum Gasteiger partial charge on any atom is 0.145 e. The maximum atomic E-state index is 13.8. The number of ether oxygens (including phenoxy) is 1. The van der Waals surface area contributed by atoms with E-state index in [0.29, 0.717) is 35.5 Å². The largest absolute Gasteiger partial charge is 0.490 e. The molecule has 1 atom stereocenters. The molecule has 0 spiro atoms. The normalized spacial score (nSPS) is 24.5. The molecule has 2 aliphatic rings. The van der Waals surface area contributed by atoms with E-state index in [1.54, 1.807) is 6.07 Å². The minimum Gasteiger partial charge on any atom is -0.490 e. The lowest BCUT2D eigenvalue weighted by atomic mass is 10.1. The van der Waals surface area contributed by atoms with Gasteiger partial charge in [-0.1, -0.05) is 11.6 Å². The van der Waals surface area contributed by atoms with Crippen LogP contribution in [0, 0.1) is 5.82 Å². The fourth-order valence-corrected chi connectivity index (χ4v) is 2.67. The van der Waals surface area contributed by atoms with Crippen LogP contribution in [0.4, 0.5) is 4.39 Å². The highest BCUT2D eigenvalue weighted by molar-refractivity contribution is 6.32. The Balaban J connectivity index is 1.98. The Morgan fingerprint density at radius 3 is 3.24 bits per heavy atom. The summed E-state index contributed by atoms with van der Waals surface area (Å²) in [6.07, 6.45) is 0. The molecular weight excluding hydrogens is 243 g/mol. The Morgan fingerprint density at radius 2 is 2.35 bits per heavy atom. The van der Waals surface area contributed by atoms with Crippen LogP contribution in [0.2, 0.25) is 5.02 Å². The van der Waals surface area contributed by atoms with Crippen LogP contribution in [-0.2, 0) is 6.54 Å². The molecule has 2 aliphatic heterocycles. The molecule has 0 radical (unpaired) electrons. The fraction of sp³-hybridized carbons (Fsp3) is 0.500. The zero-order valence-electron chi connectivity index (χ0n) is 9.38. The minimum atomic E-state index is -0.233. The van der Waals surface area contributed by atoms with Gasteiger partial charge in [0.15, 0.2) is 0 Å². The summed E-state index contributed by atoms with van der Waals surface area (Å²) in [5.41, 5.74) is 0.585. The molecule has 1 fully saturated rings. The van der Waals surface area contributed by atoms with Crippen LogP contribution in [0.25, 0.3) is 0 Å². The molecule has 2 heterocycles. The first-order valence-electron chi connectivity index (χ1n) is 5.80. The standard InChI is InChI=1S/C12H14ClFN2O/c13-10-1-2-11(14)9-6-16-4-3-15-5-8(16)7-17-12(9)10/h1-2,8,15H,3-7H2. The third-order valence-electron chi connectivity index (χ3n) is 3.41. The van der Waals surface area contributed by atoms with Crippen molar-refractivity contribution in [2.75, 3.05) is 26.2 Å². The average molecular weight is 257 g/mol. The van der Waals surface area contributed by atoms with Crippen LogP contribution in [0.1, 0.15) is 5.56 Å². The van der Waals surface area contributed by atoms with Crippen molar-refractivity contribution >= 4 is 11.6 Å². The molecular formula is C12H14ClFN2O. The minimum absolute atomic E-state index is 0.233. The second kappa shape index (κ2) is 4.44. The summed E-state index contributed by atoms with van der Waals surface area (Å²) in [4.78, 5) is 2.25. The van der Waals surface area contributed by atoms with Crippen LogP contribution in [0.5, 0.6) is 5.75 Å². The zero-order valence-corrected chi connectivity index (χ0v) is 10.1. The van der Waals surface area contributed by atoms with Gasteiger partial charge in [-0.3, -0.25) is 4.90 Å². The molecule has 1 aromatic carbocycles. The number of hydrogen-bond donors (Lipinski definition) is 1. The van der Waals surface area contributed by atoms with E-state index in [9.17, 15) is 4.39 Å². The summed E-state index contributed by atoms with van der Waals surface area (Å²) in [7, 11) is 0. The van der Waals surface area contributed by atoms with Crippen LogP contribution < -0.4 is 10.1 Å². The lowest BCUT2D eigenvalue weighted by Crippen LogP contribution is -2.52. The van der Waals surface area contributed by atoms with Gasteiger partial charge < -0.3 is 10.1 Å². The molecule has 0 aliphatic carbocycles. The van der Waals surface area contributed by atoms with Gasteiger partial charge in [0.05, 0.1) is 11.1 Å². The van der Waals surface area contributed by atoms with E-state index < -0.39 is 0 Å². The number of rotatable bonds is 0. The van der Waals surface area contributed by atoms with Crippen molar-refractivity contribution in [3.63, 3.8) is 0 Å². The Labute approximate surface area is 105 Å². The molecule has 0 bridgehead atoms. The highest BCUT2D eigenvalue weighted by atomic mass is 35.5. The first-order chi connectivity index (χ1) is 8.25. The molecule has 0 saturated carbocycles. The predicted molar refractivity (Wildman–Crippen MR) is 64.0 cm³/mol. The van der Waals surface area contributed by atoms with E-state index >= 15 is 0 Å². The molecule has 1 saturated heterocycles. The number of benzene rings is 1. The van der Waals surface area contributed by atoms with Crippen LogP contribution in [0.15, 0.2) is 12.1 Å². The molecule has 0 aromatic heterocycles. The van der Waals surface area contributed by atoms with Gasteiger partial charge in [-0.25, -0.2) is 4.39 Å². The van der Waals surface area contributed by atoms with Gasteiger partial charge in [-0.2, -0.15) is 0 Å². The molecule has 3 rings (SSSR count). The number of nitrogens with zero attached hydrogens (tertiary/aromatic N) is 1. The summed E-state index contributed by atoms with van der Waals surface area (Å²) in [5.74, 6) is 0.282. The number of hydrogen-bond acceptors (Lipinski definition) is 3. The number of halogens is 2. The van der Waals surface area contributed by atoms with Gasteiger partial charge in [0.25, 0.3) is 0 Å². The topological polar surface area (TPSA) is 24.5 Å². The van der Waals surface area contributed by atoms with Crippen molar-refractivity contribution in [2.45, 2.75) is 12.6 Å².